The Morgan fingerprint density at radius 1 is 1.03 bits per heavy atom. The lowest BCUT2D eigenvalue weighted by molar-refractivity contribution is -0.274. The van der Waals surface area contributed by atoms with E-state index in [1.165, 1.54) is 24.3 Å². The third-order valence-corrected chi connectivity index (χ3v) is 5.66. The van der Waals surface area contributed by atoms with Gasteiger partial charge < -0.3 is 24.2 Å². The fourth-order valence-electron chi connectivity index (χ4n) is 4.35. The van der Waals surface area contributed by atoms with Crippen LogP contribution in [0.5, 0.6) is 5.75 Å². The number of halogens is 3. The molecule has 170 valence electrons. The summed E-state index contributed by atoms with van der Waals surface area (Å²) in [5.74, 6) is -0.324. The number of hydrogen-bond donors (Lipinski definition) is 1. The Hall–Kier alpha value is -2.13. The lowest BCUT2D eigenvalue weighted by atomic mass is 9.62. The highest BCUT2D eigenvalue weighted by Gasteiger charge is 2.55. The first kappa shape index (κ1) is 23.5. The number of nitrogens with zero attached hydrogens (tertiary/aromatic N) is 1. The molecule has 8 heteroatoms. The van der Waals surface area contributed by atoms with Gasteiger partial charge >= 0.3 is 6.36 Å². The largest absolute Gasteiger partial charge is 0.573 e. The van der Waals surface area contributed by atoms with E-state index in [0.29, 0.717) is 44.0 Å². The van der Waals surface area contributed by atoms with E-state index in [1.54, 1.807) is 7.11 Å². The number of alkyl halides is 3. The van der Waals surface area contributed by atoms with Crippen LogP contribution in [0.2, 0.25) is 0 Å². The van der Waals surface area contributed by atoms with Crippen molar-refractivity contribution < 1.29 is 32.5 Å². The summed E-state index contributed by atoms with van der Waals surface area (Å²) < 4.78 is 52.2. The van der Waals surface area contributed by atoms with Crippen LogP contribution in [0.4, 0.5) is 13.2 Å². The van der Waals surface area contributed by atoms with E-state index >= 15 is 0 Å². The van der Waals surface area contributed by atoms with Gasteiger partial charge in [-0.1, -0.05) is 43.3 Å². The van der Waals surface area contributed by atoms with Gasteiger partial charge in [0.2, 0.25) is 0 Å². The zero-order chi connectivity index (χ0) is 22.7. The Morgan fingerprint density at radius 2 is 1.71 bits per heavy atom. The molecule has 0 radical (unpaired) electrons. The van der Waals surface area contributed by atoms with Crippen LogP contribution in [-0.2, 0) is 21.7 Å². The molecule has 1 N–H and O–H groups in total. The van der Waals surface area contributed by atoms with Crippen LogP contribution in [-0.4, -0.2) is 56.8 Å². The van der Waals surface area contributed by atoms with E-state index in [4.69, 9.17) is 9.47 Å². The van der Waals surface area contributed by atoms with Crippen molar-refractivity contribution in [2.24, 2.45) is 5.41 Å². The number of ether oxygens (including phenoxy) is 3. The summed E-state index contributed by atoms with van der Waals surface area (Å²) in [6.45, 7) is 4.56. The molecule has 1 heterocycles. The van der Waals surface area contributed by atoms with Gasteiger partial charge in [-0.2, -0.15) is 0 Å². The van der Waals surface area contributed by atoms with Crippen LogP contribution in [0.3, 0.4) is 0 Å². The second kappa shape index (κ2) is 9.16. The summed E-state index contributed by atoms with van der Waals surface area (Å²) in [4.78, 5) is 2.09. The molecule has 2 aromatic carbocycles. The third kappa shape index (κ3) is 5.20. The van der Waals surface area contributed by atoms with Crippen molar-refractivity contribution in [3.63, 3.8) is 0 Å². The molecule has 1 fully saturated rings. The average Bonchev–Trinajstić information content (AvgIpc) is 2.69. The summed E-state index contributed by atoms with van der Waals surface area (Å²) in [6.07, 6.45) is -4.77. The molecule has 1 saturated heterocycles. The number of aliphatic hydroxyl groups is 1. The quantitative estimate of drug-likeness (QED) is 0.600. The number of benzene rings is 2. The van der Waals surface area contributed by atoms with Crippen LogP contribution in [0.25, 0.3) is 0 Å². The van der Waals surface area contributed by atoms with Gasteiger partial charge in [0.05, 0.1) is 19.8 Å². The molecule has 1 atom stereocenters. The van der Waals surface area contributed by atoms with E-state index < -0.39 is 17.4 Å². The van der Waals surface area contributed by atoms with E-state index in [2.05, 4.69) is 9.64 Å². The molecule has 0 amide bonds. The van der Waals surface area contributed by atoms with Crippen LogP contribution in [0, 0.1) is 5.41 Å². The molecule has 1 aliphatic rings. The monoisotopic (exact) mass is 439 g/mol. The Balaban J connectivity index is 1.94. The van der Waals surface area contributed by atoms with Gasteiger partial charge in [0.15, 0.2) is 0 Å². The Morgan fingerprint density at radius 3 is 2.29 bits per heavy atom. The Bertz CT molecular complexity index is 866. The van der Waals surface area contributed by atoms with Crippen molar-refractivity contribution in [3.05, 3.63) is 65.2 Å². The zero-order valence-corrected chi connectivity index (χ0v) is 17.9. The van der Waals surface area contributed by atoms with Crippen LogP contribution in [0.1, 0.15) is 23.6 Å². The molecule has 0 spiro atoms. The molecule has 31 heavy (non-hydrogen) atoms. The SMILES string of the molecule is COCCOCc1cccc([C@](O)(c2ccc(OC(F)(F)F)cc2)C2(C)CN(C)C2)c1. The van der Waals surface area contributed by atoms with Crippen molar-refractivity contribution in [1.82, 2.24) is 4.90 Å². The maximum absolute atomic E-state index is 12.5. The minimum Gasteiger partial charge on any atom is -0.406 e. The summed E-state index contributed by atoms with van der Waals surface area (Å²) in [5.41, 5.74) is 0.138. The third-order valence-electron chi connectivity index (χ3n) is 5.66. The number of hydrogen-bond acceptors (Lipinski definition) is 5. The van der Waals surface area contributed by atoms with Crippen molar-refractivity contribution in [3.8, 4) is 5.75 Å². The molecular weight excluding hydrogens is 411 g/mol. The molecule has 0 aromatic heterocycles. The Labute approximate surface area is 180 Å². The highest BCUT2D eigenvalue weighted by atomic mass is 19.4. The van der Waals surface area contributed by atoms with Gasteiger partial charge in [-0.05, 0) is 35.9 Å². The fraction of sp³-hybridized carbons (Fsp3) is 0.478. The fourth-order valence-corrected chi connectivity index (χ4v) is 4.35. The number of rotatable bonds is 9. The lowest BCUT2D eigenvalue weighted by Gasteiger charge is -2.56. The smallest absolute Gasteiger partial charge is 0.406 e. The molecule has 0 unspecified atom stereocenters. The topological polar surface area (TPSA) is 51.2 Å². The van der Waals surface area contributed by atoms with Gasteiger partial charge in [0.25, 0.3) is 0 Å². The van der Waals surface area contributed by atoms with E-state index in [0.717, 1.165) is 5.56 Å². The van der Waals surface area contributed by atoms with Gasteiger partial charge in [0, 0.05) is 25.6 Å². The predicted molar refractivity (Wildman–Crippen MR) is 110 cm³/mol. The van der Waals surface area contributed by atoms with Gasteiger partial charge in [-0.3, -0.25) is 0 Å². The summed E-state index contributed by atoms with van der Waals surface area (Å²) >= 11 is 0. The number of methoxy groups -OCH3 is 1. The molecule has 2 aromatic rings. The highest BCUT2D eigenvalue weighted by molar-refractivity contribution is 5.43. The maximum atomic E-state index is 12.5. The highest BCUT2D eigenvalue weighted by Crippen LogP contribution is 2.50. The maximum Gasteiger partial charge on any atom is 0.573 e. The van der Waals surface area contributed by atoms with E-state index in [9.17, 15) is 18.3 Å². The average molecular weight is 439 g/mol. The zero-order valence-electron chi connectivity index (χ0n) is 17.9. The van der Waals surface area contributed by atoms with Gasteiger partial charge in [0.1, 0.15) is 11.4 Å². The number of likely N-dealkylation sites (tertiary alicyclic amines) is 1. The first-order valence-electron chi connectivity index (χ1n) is 10.0. The first-order chi connectivity index (χ1) is 14.6. The second-order valence-corrected chi connectivity index (χ2v) is 8.26. The normalized spacial score (nSPS) is 18.3. The van der Waals surface area contributed by atoms with Crippen molar-refractivity contribution in [1.29, 1.82) is 0 Å². The van der Waals surface area contributed by atoms with Crippen LogP contribution in [0.15, 0.2) is 48.5 Å². The van der Waals surface area contributed by atoms with Gasteiger partial charge in [-0.25, -0.2) is 0 Å². The molecule has 5 nitrogen and oxygen atoms in total. The Kier molecular flexibility index (Phi) is 6.95. The minimum atomic E-state index is -4.77. The molecule has 0 aliphatic carbocycles. The lowest BCUT2D eigenvalue weighted by Crippen LogP contribution is -2.63. The van der Waals surface area contributed by atoms with Crippen LogP contribution >= 0.6 is 0 Å². The molecule has 1 aliphatic heterocycles. The summed E-state index contributed by atoms with van der Waals surface area (Å²) in [5, 5.41) is 12.1. The van der Waals surface area contributed by atoms with E-state index in [1.807, 2.05) is 38.2 Å². The predicted octanol–water partition coefficient (Wildman–Crippen LogP) is 3.94. The molecule has 0 bridgehead atoms. The minimum absolute atomic E-state index is 0.324. The van der Waals surface area contributed by atoms with Crippen molar-refractivity contribution in [2.45, 2.75) is 25.5 Å². The molecule has 3 rings (SSSR count). The summed E-state index contributed by atoms with van der Waals surface area (Å²) in [6, 6.07) is 12.9. The van der Waals surface area contributed by atoms with Crippen molar-refractivity contribution in [2.75, 3.05) is 40.5 Å². The molecular formula is C23H28F3NO4. The standard InChI is InChI=1S/C23H28F3NO4/c1-21(15-27(2)16-21)22(28,18-7-9-20(10-8-18)31-23(24,25)26)19-6-4-5-17(13-19)14-30-12-11-29-3/h4-10,13,28H,11-12,14-16H2,1-3H3/t22-/m1/s1. The van der Waals surface area contributed by atoms with Crippen LogP contribution < -0.4 is 4.74 Å². The molecule has 0 saturated carbocycles. The van der Waals surface area contributed by atoms with Gasteiger partial charge in [-0.15, -0.1) is 13.2 Å². The summed E-state index contributed by atoms with van der Waals surface area (Å²) in [7, 11) is 3.56. The second-order valence-electron chi connectivity index (χ2n) is 8.26. The van der Waals surface area contributed by atoms with E-state index in [-0.39, 0.29) is 5.75 Å². The first-order valence-corrected chi connectivity index (χ1v) is 10.0. The van der Waals surface area contributed by atoms with Crippen molar-refractivity contribution >= 4 is 0 Å².